The molecule has 0 fully saturated rings. The van der Waals surface area contributed by atoms with Gasteiger partial charge in [-0.25, -0.2) is 48.5 Å². The summed E-state index contributed by atoms with van der Waals surface area (Å²) in [6, 6.07) is 36.8. The van der Waals surface area contributed by atoms with Gasteiger partial charge in [-0.05, 0) is 0 Å². The third-order valence-corrected chi connectivity index (χ3v) is 5.03. The summed E-state index contributed by atoms with van der Waals surface area (Å²) in [6.07, 6.45) is 0. The predicted octanol–water partition coefficient (Wildman–Crippen LogP) is 6.73. The molecule has 4 rings (SSSR count). The fourth-order valence-electron chi connectivity index (χ4n) is 1.56. The molecule has 4 aromatic carbocycles. The summed E-state index contributed by atoms with van der Waals surface area (Å²) in [5.41, 5.74) is 0. The van der Waals surface area contributed by atoms with E-state index in [1.807, 2.05) is 60.7 Å². The zero-order valence-electron chi connectivity index (χ0n) is 12.9. The Labute approximate surface area is 173 Å². The van der Waals surface area contributed by atoms with Gasteiger partial charge in [0.1, 0.15) is 0 Å². The van der Waals surface area contributed by atoms with Gasteiger partial charge in [0, 0.05) is 0 Å². The van der Waals surface area contributed by atoms with Crippen LogP contribution in [-0.2, 0) is 34.1 Å². The maximum absolute atomic E-state index is 2.13. The van der Waals surface area contributed by atoms with Gasteiger partial charge in [0.05, 0.1) is 0 Å². The van der Waals surface area contributed by atoms with Crippen LogP contribution in [0.5, 0.6) is 0 Å². The molecule has 0 aliphatic heterocycles. The topological polar surface area (TPSA) is 0 Å². The molecule has 0 saturated heterocycles. The van der Waals surface area contributed by atoms with Crippen molar-refractivity contribution >= 4 is 21.6 Å². The minimum Gasteiger partial charge on any atom is -0.214 e. The molecule has 24 heavy (non-hydrogen) atoms. The minimum atomic E-state index is 0. The quantitative estimate of drug-likeness (QED) is 0.199. The first-order valence-corrected chi connectivity index (χ1v) is 9.21. The molecule has 126 valence electrons. The molecular formula is C20H18Fe2S2. The monoisotopic (exact) mass is 434 g/mol. The van der Waals surface area contributed by atoms with E-state index in [1.165, 1.54) is 9.79 Å². The average Bonchev–Trinajstić information content (AvgIpc) is 3.41. The molecule has 0 saturated carbocycles. The van der Waals surface area contributed by atoms with E-state index in [9.17, 15) is 0 Å². The molecular weight excluding hydrogens is 416 g/mol. The van der Waals surface area contributed by atoms with Crippen LogP contribution in [0.3, 0.4) is 0 Å². The normalized spacial score (nSPS) is 8.50. The summed E-state index contributed by atoms with van der Waals surface area (Å²) >= 11 is 0. The second kappa shape index (κ2) is 15.7. The van der Waals surface area contributed by atoms with Gasteiger partial charge in [0.2, 0.25) is 0 Å². The Morgan fingerprint density at radius 2 is 0.750 bits per heavy atom. The third kappa shape index (κ3) is 10.8. The summed E-state index contributed by atoms with van der Waals surface area (Å²) in [5.74, 6) is 0. The molecule has 4 heteroatoms. The maximum atomic E-state index is 2.13. The van der Waals surface area contributed by atoms with Crippen LogP contribution in [0.15, 0.2) is 119 Å². The van der Waals surface area contributed by atoms with E-state index in [1.54, 1.807) is 21.6 Å². The van der Waals surface area contributed by atoms with Crippen molar-refractivity contribution in [3.63, 3.8) is 0 Å². The van der Waals surface area contributed by atoms with E-state index in [-0.39, 0.29) is 34.1 Å². The molecule has 0 heterocycles. The van der Waals surface area contributed by atoms with Crippen LogP contribution in [0.1, 0.15) is 0 Å². The van der Waals surface area contributed by atoms with Crippen LogP contribution in [0.2, 0.25) is 0 Å². The van der Waals surface area contributed by atoms with Crippen molar-refractivity contribution in [2.24, 2.45) is 0 Å². The summed E-state index contributed by atoms with van der Waals surface area (Å²) in [6.45, 7) is 0. The SMILES string of the molecule is [Fe+2].[Fe+2].c1cc[c-](SS[c-]2cccc2)c1.c1cc[cH-]c1.c1cc[cH-]c1. The van der Waals surface area contributed by atoms with Crippen LogP contribution in [0.25, 0.3) is 0 Å². The Morgan fingerprint density at radius 1 is 0.458 bits per heavy atom. The van der Waals surface area contributed by atoms with Crippen LogP contribution in [0.4, 0.5) is 0 Å². The van der Waals surface area contributed by atoms with Crippen LogP contribution < -0.4 is 0 Å². The third-order valence-electron chi connectivity index (χ3n) is 2.61. The fourth-order valence-corrected chi connectivity index (χ4v) is 3.53. The Bertz CT molecular complexity index is 542. The second-order valence-electron chi connectivity index (χ2n) is 4.33. The molecule has 0 aliphatic carbocycles. The zero-order valence-corrected chi connectivity index (χ0v) is 16.8. The largest absolute Gasteiger partial charge is 2.00 e. The van der Waals surface area contributed by atoms with Gasteiger partial charge < -0.3 is 0 Å². The number of hydrogen-bond donors (Lipinski definition) is 0. The summed E-state index contributed by atoms with van der Waals surface area (Å²) in [7, 11) is 3.60. The van der Waals surface area contributed by atoms with Gasteiger partial charge in [0.25, 0.3) is 0 Å². The number of rotatable bonds is 3. The van der Waals surface area contributed by atoms with Gasteiger partial charge >= 0.3 is 34.1 Å². The van der Waals surface area contributed by atoms with Crippen LogP contribution in [0, 0.1) is 0 Å². The van der Waals surface area contributed by atoms with Crippen molar-refractivity contribution in [1.82, 2.24) is 0 Å². The van der Waals surface area contributed by atoms with Crippen molar-refractivity contribution in [3.05, 3.63) is 109 Å². The van der Waals surface area contributed by atoms with Gasteiger partial charge in [-0.3, -0.25) is 0 Å². The first-order chi connectivity index (χ1) is 10.9. The summed E-state index contributed by atoms with van der Waals surface area (Å²) < 4.78 is 0. The molecule has 4 aromatic rings. The Morgan fingerprint density at radius 3 is 0.958 bits per heavy atom. The van der Waals surface area contributed by atoms with Gasteiger partial charge in [-0.2, -0.15) is 60.7 Å². The Hall–Kier alpha value is -0.861. The predicted molar refractivity (Wildman–Crippen MR) is 99.9 cm³/mol. The van der Waals surface area contributed by atoms with Crippen LogP contribution in [-0.4, -0.2) is 0 Å². The molecule has 0 aliphatic rings. The molecule has 0 bridgehead atoms. The first-order valence-electron chi connectivity index (χ1n) is 7.06. The minimum absolute atomic E-state index is 0. The molecule has 0 nitrogen and oxygen atoms in total. The van der Waals surface area contributed by atoms with E-state index in [2.05, 4.69) is 48.5 Å². The molecule has 0 aromatic heterocycles. The van der Waals surface area contributed by atoms with Crippen LogP contribution >= 0.6 is 21.6 Å². The Balaban J connectivity index is 0.000000370. The van der Waals surface area contributed by atoms with E-state index >= 15 is 0 Å². The number of hydrogen-bond acceptors (Lipinski definition) is 2. The first kappa shape index (κ1) is 23.1. The van der Waals surface area contributed by atoms with Crippen molar-refractivity contribution in [3.8, 4) is 0 Å². The van der Waals surface area contributed by atoms with E-state index in [0.29, 0.717) is 0 Å². The molecule has 0 atom stereocenters. The zero-order chi connectivity index (χ0) is 15.3. The van der Waals surface area contributed by atoms with Crippen molar-refractivity contribution in [2.75, 3.05) is 0 Å². The maximum Gasteiger partial charge on any atom is 2.00 e. The standard InChI is InChI=1S/C10H8S2.2C5H5.2Fe/c1-2-6-9(5-1)11-12-10-7-3-4-8-10;2*1-2-4-5-3-1;;/h1-8H;2*1-5H;;/q-2;2*-1;2*+2. The van der Waals surface area contributed by atoms with E-state index in [4.69, 9.17) is 0 Å². The molecule has 0 spiro atoms. The second-order valence-corrected chi connectivity index (χ2v) is 6.61. The Kier molecular flexibility index (Phi) is 15.1. The average molecular weight is 434 g/mol. The van der Waals surface area contributed by atoms with Crippen molar-refractivity contribution in [2.45, 2.75) is 9.79 Å². The van der Waals surface area contributed by atoms with E-state index < -0.39 is 0 Å². The van der Waals surface area contributed by atoms with Gasteiger partial charge in [-0.1, -0.05) is 9.79 Å². The fraction of sp³-hybridized carbons (Fsp3) is 0. The molecule has 0 radical (unpaired) electrons. The smallest absolute Gasteiger partial charge is 0.214 e. The van der Waals surface area contributed by atoms with Gasteiger partial charge in [0.15, 0.2) is 0 Å². The summed E-state index contributed by atoms with van der Waals surface area (Å²) in [5, 5.41) is 0. The van der Waals surface area contributed by atoms with Crippen molar-refractivity contribution < 1.29 is 34.1 Å². The molecule has 0 unspecified atom stereocenters. The van der Waals surface area contributed by atoms with Gasteiger partial charge in [-0.15, -0.1) is 21.6 Å². The molecule has 0 amide bonds. The van der Waals surface area contributed by atoms with Crippen molar-refractivity contribution in [1.29, 1.82) is 0 Å². The summed E-state index contributed by atoms with van der Waals surface area (Å²) in [4.78, 5) is 2.64. The van der Waals surface area contributed by atoms with E-state index in [0.717, 1.165) is 0 Å². The molecule has 0 N–H and O–H groups in total.